The van der Waals surface area contributed by atoms with Crippen LogP contribution >= 0.6 is 0 Å². The Morgan fingerprint density at radius 3 is 2.71 bits per heavy atom. The van der Waals surface area contributed by atoms with Gasteiger partial charge >= 0.3 is 0 Å². The molecule has 0 saturated carbocycles. The standard InChI is InChI=1S/C12H9NO/c1-2-9-13-11-6-4-3-5-10(11)7-8-12(13)14/h3-8H,1H3. The third kappa shape index (κ3) is 1.29. The van der Waals surface area contributed by atoms with E-state index in [1.165, 1.54) is 10.6 Å². The van der Waals surface area contributed by atoms with Gasteiger partial charge in [-0.25, -0.2) is 4.57 Å². The summed E-state index contributed by atoms with van der Waals surface area (Å²) in [6, 6.07) is 13.8. The second-order valence-electron chi connectivity index (χ2n) is 2.93. The van der Waals surface area contributed by atoms with Gasteiger partial charge in [0.1, 0.15) is 0 Å². The average molecular weight is 183 g/mol. The molecule has 0 aliphatic heterocycles. The molecule has 2 heteroatoms. The zero-order chi connectivity index (χ0) is 9.97. The summed E-state index contributed by atoms with van der Waals surface area (Å²) in [6.45, 7) is 1.72. The van der Waals surface area contributed by atoms with E-state index in [0.717, 1.165) is 10.9 Å². The molecular formula is C12H9NO. The van der Waals surface area contributed by atoms with Crippen molar-refractivity contribution in [1.82, 2.24) is 4.57 Å². The molecule has 0 aliphatic carbocycles. The quantitative estimate of drug-likeness (QED) is 0.571. The van der Waals surface area contributed by atoms with Crippen LogP contribution in [0, 0.1) is 12.0 Å². The maximum absolute atomic E-state index is 11.5. The van der Waals surface area contributed by atoms with E-state index in [-0.39, 0.29) is 5.56 Å². The van der Waals surface area contributed by atoms with Gasteiger partial charge in [-0.15, -0.1) is 0 Å². The van der Waals surface area contributed by atoms with E-state index in [1.807, 2.05) is 30.3 Å². The SMILES string of the molecule is CC#Cn1c(=O)ccc2ccccc21. The molecule has 1 aromatic carbocycles. The number of fused-ring (bicyclic) bond motifs is 1. The van der Waals surface area contributed by atoms with Crippen LogP contribution in [0.1, 0.15) is 6.92 Å². The van der Waals surface area contributed by atoms with Gasteiger partial charge in [0.15, 0.2) is 0 Å². The molecular weight excluding hydrogens is 174 g/mol. The van der Waals surface area contributed by atoms with Crippen LogP contribution in [0.25, 0.3) is 10.9 Å². The first-order valence-corrected chi connectivity index (χ1v) is 4.36. The normalized spacial score (nSPS) is 9.50. The van der Waals surface area contributed by atoms with E-state index in [1.54, 1.807) is 6.92 Å². The summed E-state index contributed by atoms with van der Waals surface area (Å²) in [5.74, 6) is 2.73. The summed E-state index contributed by atoms with van der Waals surface area (Å²) < 4.78 is 1.47. The van der Waals surface area contributed by atoms with E-state index < -0.39 is 0 Å². The highest BCUT2D eigenvalue weighted by Crippen LogP contribution is 2.09. The third-order valence-corrected chi connectivity index (χ3v) is 2.03. The lowest BCUT2D eigenvalue weighted by Crippen LogP contribution is -2.15. The van der Waals surface area contributed by atoms with Crippen molar-refractivity contribution in [3.8, 4) is 12.0 Å². The summed E-state index contributed by atoms with van der Waals surface area (Å²) in [6.07, 6.45) is 0. The molecule has 2 aromatic rings. The summed E-state index contributed by atoms with van der Waals surface area (Å²) in [5, 5.41) is 1.02. The van der Waals surface area contributed by atoms with Gasteiger partial charge < -0.3 is 0 Å². The number of para-hydroxylation sites is 1. The molecule has 68 valence electrons. The molecule has 14 heavy (non-hydrogen) atoms. The van der Waals surface area contributed by atoms with Gasteiger partial charge in [-0.1, -0.05) is 24.1 Å². The molecule has 0 fully saturated rings. The van der Waals surface area contributed by atoms with Gasteiger partial charge in [0, 0.05) is 12.1 Å². The van der Waals surface area contributed by atoms with Crippen molar-refractivity contribution < 1.29 is 0 Å². The van der Waals surface area contributed by atoms with Crippen molar-refractivity contribution in [2.45, 2.75) is 6.92 Å². The van der Waals surface area contributed by atoms with E-state index in [9.17, 15) is 4.79 Å². The first-order valence-electron chi connectivity index (χ1n) is 4.36. The fourth-order valence-corrected chi connectivity index (χ4v) is 1.41. The molecule has 0 unspecified atom stereocenters. The predicted octanol–water partition coefficient (Wildman–Crippen LogP) is 1.83. The van der Waals surface area contributed by atoms with E-state index in [0.29, 0.717) is 0 Å². The number of aromatic nitrogens is 1. The Morgan fingerprint density at radius 1 is 1.14 bits per heavy atom. The number of hydrogen-bond donors (Lipinski definition) is 0. The lowest BCUT2D eigenvalue weighted by molar-refractivity contribution is 1.10. The van der Waals surface area contributed by atoms with Gasteiger partial charge in [-0.2, -0.15) is 0 Å². The fourth-order valence-electron chi connectivity index (χ4n) is 1.41. The first-order chi connectivity index (χ1) is 6.83. The highest BCUT2D eigenvalue weighted by molar-refractivity contribution is 5.79. The van der Waals surface area contributed by atoms with E-state index >= 15 is 0 Å². The molecule has 0 N–H and O–H groups in total. The summed E-state index contributed by atoms with van der Waals surface area (Å²) in [5.41, 5.74) is 0.771. The summed E-state index contributed by atoms with van der Waals surface area (Å²) in [4.78, 5) is 11.5. The van der Waals surface area contributed by atoms with Crippen molar-refractivity contribution in [2.75, 3.05) is 0 Å². The molecule has 0 atom stereocenters. The number of rotatable bonds is 0. The van der Waals surface area contributed by atoms with Crippen LogP contribution in [0.4, 0.5) is 0 Å². The van der Waals surface area contributed by atoms with Crippen molar-refractivity contribution >= 4 is 10.9 Å². The van der Waals surface area contributed by atoms with Crippen molar-refractivity contribution in [3.05, 3.63) is 46.8 Å². The van der Waals surface area contributed by atoms with E-state index in [2.05, 4.69) is 12.0 Å². The number of benzene rings is 1. The number of pyridine rings is 1. The minimum absolute atomic E-state index is 0.0851. The highest BCUT2D eigenvalue weighted by Gasteiger charge is 1.98. The van der Waals surface area contributed by atoms with Crippen molar-refractivity contribution in [1.29, 1.82) is 0 Å². The highest BCUT2D eigenvalue weighted by atomic mass is 16.1. The van der Waals surface area contributed by atoms with Crippen LogP contribution < -0.4 is 5.56 Å². The number of nitrogens with zero attached hydrogens (tertiary/aromatic N) is 1. The molecule has 0 radical (unpaired) electrons. The molecule has 2 rings (SSSR count). The Hall–Kier alpha value is -2.01. The molecule has 2 nitrogen and oxygen atoms in total. The topological polar surface area (TPSA) is 22.0 Å². The van der Waals surface area contributed by atoms with Crippen LogP contribution in [-0.4, -0.2) is 4.57 Å². The Bertz CT molecular complexity index is 584. The Balaban J connectivity index is 2.94. The predicted molar refractivity (Wildman–Crippen MR) is 57.1 cm³/mol. The minimum atomic E-state index is -0.0851. The second kappa shape index (κ2) is 3.39. The summed E-state index contributed by atoms with van der Waals surface area (Å²) >= 11 is 0. The smallest absolute Gasteiger partial charge is 0.262 e. The average Bonchev–Trinajstić information content (AvgIpc) is 2.23. The zero-order valence-electron chi connectivity index (χ0n) is 7.82. The molecule has 0 bridgehead atoms. The molecule has 0 amide bonds. The molecule has 0 spiro atoms. The molecule has 1 heterocycles. The molecule has 0 aliphatic rings. The van der Waals surface area contributed by atoms with Gasteiger partial charge in [0.05, 0.1) is 5.52 Å². The maximum Gasteiger partial charge on any atom is 0.262 e. The van der Waals surface area contributed by atoms with Gasteiger partial charge in [-0.3, -0.25) is 4.79 Å². The van der Waals surface area contributed by atoms with Crippen LogP contribution in [0.5, 0.6) is 0 Å². The number of hydrogen-bond acceptors (Lipinski definition) is 1. The second-order valence-corrected chi connectivity index (χ2v) is 2.93. The van der Waals surface area contributed by atoms with Crippen LogP contribution in [0.2, 0.25) is 0 Å². The molecule has 0 saturated heterocycles. The lowest BCUT2D eigenvalue weighted by atomic mass is 10.2. The van der Waals surface area contributed by atoms with Crippen LogP contribution in [0.3, 0.4) is 0 Å². The monoisotopic (exact) mass is 183 g/mol. The zero-order valence-corrected chi connectivity index (χ0v) is 7.82. The van der Waals surface area contributed by atoms with Gasteiger partial charge in [0.2, 0.25) is 0 Å². The van der Waals surface area contributed by atoms with Crippen molar-refractivity contribution in [2.24, 2.45) is 0 Å². The van der Waals surface area contributed by atoms with Crippen LogP contribution in [0.15, 0.2) is 41.2 Å². The maximum atomic E-state index is 11.5. The lowest BCUT2D eigenvalue weighted by Gasteiger charge is -2.01. The van der Waals surface area contributed by atoms with E-state index in [4.69, 9.17) is 0 Å². The Kier molecular flexibility index (Phi) is 2.08. The first kappa shape index (κ1) is 8.58. The minimum Gasteiger partial charge on any atom is -0.268 e. The van der Waals surface area contributed by atoms with Crippen molar-refractivity contribution in [3.63, 3.8) is 0 Å². The van der Waals surface area contributed by atoms with Gasteiger partial charge in [-0.05, 0) is 24.4 Å². The van der Waals surface area contributed by atoms with Gasteiger partial charge in [0.25, 0.3) is 5.56 Å². The third-order valence-electron chi connectivity index (χ3n) is 2.03. The Labute approximate surface area is 81.8 Å². The Morgan fingerprint density at radius 2 is 1.93 bits per heavy atom. The largest absolute Gasteiger partial charge is 0.268 e. The van der Waals surface area contributed by atoms with Crippen LogP contribution in [-0.2, 0) is 0 Å². The summed E-state index contributed by atoms with van der Waals surface area (Å²) in [7, 11) is 0. The fraction of sp³-hybridized carbons (Fsp3) is 0.0833. The molecule has 1 aromatic heterocycles.